The van der Waals surface area contributed by atoms with Crippen LogP contribution in [0.1, 0.15) is 66.7 Å². The highest BCUT2D eigenvalue weighted by molar-refractivity contribution is 14.0. The molecule has 1 aliphatic carbocycles. The second-order valence-corrected chi connectivity index (χ2v) is 9.08. The van der Waals surface area contributed by atoms with Crippen molar-refractivity contribution < 1.29 is 9.59 Å². The van der Waals surface area contributed by atoms with Gasteiger partial charge in [-0.3, -0.25) is 19.5 Å². The molecule has 0 radical (unpaired) electrons. The van der Waals surface area contributed by atoms with Gasteiger partial charge in [0.25, 0.3) is 11.8 Å². The predicted octanol–water partition coefficient (Wildman–Crippen LogP) is 3.91. The van der Waals surface area contributed by atoms with Gasteiger partial charge in [0.2, 0.25) is 0 Å². The van der Waals surface area contributed by atoms with Crippen LogP contribution >= 0.6 is 35.7 Å². The van der Waals surface area contributed by atoms with Crippen molar-refractivity contribution in [2.24, 2.45) is 4.99 Å². The first-order valence-corrected chi connectivity index (χ1v) is 11.8. The number of nitrogens with one attached hydrogen (secondary N) is 2. The van der Waals surface area contributed by atoms with E-state index in [0.717, 1.165) is 30.6 Å². The lowest BCUT2D eigenvalue weighted by molar-refractivity contribution is 0.0652. The molecule has 2 aliphatic rings. The largest absolute Gasteiger partial charge is 0.357 e. The van der Waals surface area contributed by atoms with Crippen molar-refractivity contribution >= 4 is 53.5 Å². The number of nitrogens with zero attached hydrogens (tertiary/aromatic N) is 2. The van der Waals surface area contributed by atoms with Gasteiger partial charge in [-0.1, -0.05) is 19.1 Å². The molecule has 1 aromatic rings. The summed E-state index contributed by atoms with van der Waals surface area (Å²) in [5.74, 6) is 1.70. The molecule has 0 spiro atoms. The standard InChI is InChI=1S/C22H32N4O2S.HI/c1-3-23-22(25-16-11-12-17(15-16)29-4-2)24-13-7-8-14-26-20(27)18-9-5-6-10-19(18)21(26)28;/h5-6,9-10,16-17H,3-4,7-8,11-15H2,1-2H3,(H2,23,24,25);1H. The maximum atomic E-state index is 12.4. The zero-order chi connectivity index (χ0) is 20.6. The molecule has 2 atom stereocenters. The second kappa shape index (κ2) is 12.5. The molecule has 1 aromatic carbocycles. The van der Waals surface area contributed by atoms with Gasteiger partial charge in [0.15, 0.2) is 5.96 Å². The third kappa shape index (κ3) is 6.35. The molecule has 6 nitrogen and oxygen atoms in total. The molecule has 2 N–H and O–H groups in total. The normalized spacial score (nSPS) is 20.9. The maximum Gasteiger partial charge on any atom is 0.261 e. The summed E-state index contributed by atoms with van der Waals surface area (Å²) in [6, 6.07) is 7.53. The SMILES string of the molecule is CCNC(=NCCCCN1C(=O)c2ccccc2C1=O)NC1CCC(SCC)C1.I. The molecule has 0 bridgehead atoms. The van der Waals surface area contributed by atoms with E-state index in [-0.39, 0.29) is 35.8 Å². The van der Waals surface area contributed by atoms with Crippen LogP contribution in [0, 0.1) is 0 Å². The first-order chi connectivity index (χ1) is 14.1. The topological polar surface area (TPSA) is 73.8 Å². The van der Waals surface area contributed by atoms with Crippen molar-refractivity contribution in [3.63, 3.8) is 0 Å². The molecule has 8 heteroatoms. The molecular formula is C22H33IN4O2S. The van der Waals surface area contributed by atoms with Crippen LogP contribution in [0.2, 0.25) is 0 Å². The highest BCUT2D eigenvalue weighted by Gasteiger charge is 2.34. The van der Waals surface area contributed by atoms with Crippen molar-refractivity contribution in [3.8, 4) is 0 Å². The first-order valence-electron chi connectivity index (χ1n) is 10.8. The smallest absolute Gasteiger partial charge is 0.261 e. The van der Waals surface area contributed by atoms with Crippen LogP contribution in [-0.2, 0) is 0 Å². The number of halogens is 1. The van der Waals surface area contributed by atoms with Gasteiger partial charge < -0.3 is 10.6 Å². The summed E-state index contributed by atoms with van der Waals surface area (Å²) in [5.41, 5.74) is 1.04. The monoisotopic (exact) mass is 544 g/mol. The molecule has 0 saturated heterocycles. The lowest BCUT2D eigenvalue weighted by Crippen LogP contribution is -2.42. The number of rotatable bonds is 9. The number of aliphatic imine (C=N–C) groups is 1. The minimum Gasteiger partial charge on any atom is -0.357 e. The summed E-state index contributed by atoms with van der Waals surface area (Å²) in [5, 5.41) is 7.66. The van der Waals surface area contributed by atoms with Gasteiger partial charge in [-0.25, -0.2) is 0 Å². The maximum absolute atomic E-state index is 12.4. The number of hydrogen-bond donors (Lipinski definition) is 2. The number of fused-ring (bicyclic) bond motifs is 1. The number of unbranched alkanes of at least 4 members (excludes halogenated alkanes) is 1. The van der Waals surface area contributed by atoms with Gasteiger partial charge in [-0.05, 0) is 56.9 Å². The minimum absolute atomic E-state index is 0. The number of guanidine groups is 1. The zero-order valence-electron chi connectivity index (χ0n) is 17.9. The fraction of sp³-hybridized carbons (Fsp3) is 0.591. The van der Waals surface area contributed by atoms with Crippen LogP contribution in [-0.4, -0.2) is 59.4 Å². The summed E-state index contributed by atoms with van der Waals surface area (Å²) in [6.07, 6.45) is 5.26. The molecule has 30 heavy (non-hydrogen) atoms. The summed E-state index contributed by atoms with van der Waals surface area (Å²) >= 11 is 2.06. The van der Waals surface area contributed by atoms with E-state index in [9.17, 15) is 9.59 Å². The molecular weight excluding hydrogens is 511 g/mol. The Morgan fingerprint density at radius 3 is 2.47 bits per heavy atom. The van der Waals surface area contributed by atoms with Crippen molar-refractivity contribution in [2.75, 3.05) is 25.4 Å². The summed E-state index contributed by atoms with van der Waals surface area (Å²) < 4.78 is 0. The number of hydrogen-bond acceptors (Lipinski definition) is 4. The Morgan fingerprint density at radius 1 is 1.13 bits per heavy atom. The second-order valence-electron chi connectivity index (χ2n) is 7.51. The van der Waals surface area contributed by atoms with Gasteiger partial charge in [0.05, 0.1) is 11.1 Å². The molecule has 1 fully saturated rings. The highest BCUT2D eigenvalue weighted by atomic mass is 127. The van der Waals surface area contributed by atoms with Gasteiger partial charge >= 0.3 is 0 Å². The quantitative estimate of drug-likeness (QED) is 0.162. The third-order valence-corrected chi connectivity index (χ3v) is 6.64. The van der Waals surface area contributed by atoms with Gasteiger partial charge in [-0.15, -0.1) is 24.0 Å². The lowest BCUT2D eigenvalue weighted by Gasteiger charge is -2.17. The van der Waals surface area contributed by atoms with E-state index in [1.807, 2.05) is 0 Å². The van der Waals surface area contributed by atoms with E-state index in [2.05, 4.69) is 41.2 Å². The molecule has 2 unspecified atom stereocenters. The average Bonchev–Trinajstić information content (AvgIpc) is 3.26. The molecule has 3 rings (SSSR count). The predicted molar refractivity (Wildman–Crippen MR) is 135 cm³/mol. The van der Waals surface area contributed by atoms with Gasteiger partial charge in [-0.2, -0.15) is 11.8 Å². The summed E-state index contributed by atoms with van der Waals surface area (Å²) in [4.78, 5) is 30.8. The lowest BCUT2D eigenvalue weighted by atomic mass is 10.1. The van der Waals surface area contributed by atoms with Crippen molar-refractivity contribution in [3.05, 3.63) is 35.4 Å². The van der Waals surface area contributed by atoms with E-state index >= 15 is 0 Å². The van der Waals surface area contributed by atoms with Crippen LogP contribution < -0.4 is 10.6 Å². The van der Waals surface area contributed by atoms with Gasteiger partial charge in [0.1, 0.15) is 0 Å². The van der Waals surface area contributed by atoms with Crippen molar-refractivity contribution in [2.45, 2.75) is 57.2 Å². The number of thioether (sulfide) groups is 1. The van der Waals surface area contributed by atoms with E-state index in [1.165, 1.54) is 29.9 Å². The van der Waals surface area contributed by atoms with E-state index in [0.29, 0.717) is 30.3 Å². The fourth-order valence-corrected chi connectivity index (χ4v) is 5.13. The molecule has 1 aliphatic heterocycles. The number of imide groups is 1. The van der Waals surface area contributed by atoms with Crippen LogP contribution in [0.15, 0.2) is 29.3 Å². The Hall–Kier alpha value is -1.29. The number of carbonyl (C=O) groups is 2. The summed E-state index contributed by atoms with van der Waals surface area (Å²) in [6.45, 7) is 6.26. The molecule has 166 valence electrons. The highest BCUT2D eigenvalue weighted by Crippen LogP contribution is 2.29. The molecule has 1 saturated carbocycles. The minimum atomic E-state index is -0.176. The Labute approximate surface area is 201 Å². The van der Waals surface area contributed by atoms with E-state index < -0.39 is 0 Å². The number of amides is 2. The van der Waals surface area contributed by atoms with E-state index in [1.54, 1.807) is 24.3 Å². The van der Waals surface area contributed by atoms with Crippen LogP contribution in [0.5, 0.6) is 0 Å². The van der Waals surface area contributed by atoms with Crippen molar-refractivity contribution in [1.82, 2.24) is 15.5 Å². The van der Waals surface area contributed by atoms with Crippen LogP contribution in [0.4, 0.5) is 0 Å². The van der Waals surface area contributed by atoms with Crippen molar-refractivity contribution in [1.29, 1.82) is 0 Å². The average molecular weight is 545 g/mol. The van der Waals surface area contributed by atoms with Crippen LogP contribution in [0.25, 0.3) is 0 Å². The Bertz CT molecular complexity index is 723. The Balaban J connectivity index is 0.00000320. The molecule has 2 amide bonds. The Kier molecular flexibility index (Phi) is 10.4. The molecule has 0 aromatic heterocycles. The summed E-state index contributed by atoms with van der Waals surface area (Å²) in [7, 11) is 0. The third-order valence-electron chi connectivity index (χ3n) is 5.41. The van der Waals surface area contributed by atoms with Crippen LogP contribution in [0.3, 0.4) is 0 Å². The zero-order valence-corrected chi connectivity index (χ0v) is 21.0. The molecule has 1 heterocycles. The number of benzene rings is 1. The number of carbonyl (C=O) groups excluding carboxylic acids is 2. The van der Waals surface area contributed by atoms with Gasteiger partial charge in [0, 0.05) is 30.9 Å². The Morgan fingerprint density at radius 2 is 1.83 bits per heavy atom. The fourth-order valence-electron chi connectivity index (χ4n) is 3.99. The van der Waals surface area contributed by atoms with E-state index in [4.69, 9.17) is 0 Å². The first kappa shape index (κ1) is 25.0.